The zero-order valence-corrected chi connectivity index (χ0v) is 8.57. The predicted octanol–water partition coefficient (Wildman–Crippen LogP) is -0.0162. The number of hydrogen-bond donors (Lipinski definition) is 2. The first-order valence-electron chi connectivity index (χ1n) is 5.27. The molecule has 1 aliphatic rings. The SMILES string of the molecule is O=c1cc2c(nn1CCCO)CCCN2. The van der Waals surface area contributed by atoms with Crippen molar-refractivity contribution in [2.24, 2.45) is 0 Å². The summed E-state index contributed by atoms with van der Waals surface area (Å²) >= 11 is 0. The maximum absolute atomic E-state index is 11.6. The van der Waals surface area contributed by atoms with Crippen molar-refractivity contribution in [3.05, 3.63) is 22.1 Å². The minimum Gasteiger partial charge on any atom is -0.396 e. The highest BCUT2D eigenvalue weighted by Gasteiger charge is 2.12. The van der Waals surface area contributed by atoms with Crippen LogP contribution >= 0.6 is 0 Å². The van der Waals surface area contributed by atoms with Crippen LogP contribution in [-0.4, -0.2) is 28.0 Å². The molecule has 0 aromatic carbocycles. The van der Waals surface area contributed by atoms with Crippen LogP contribution in [0, 0.1) is 0 Å². The van der Waals surface area contributed by atoms with Crippen molar-refractivity contribution >= 4 is 5.69 Å². The van der Waals surface area contributed by atoms with Crippen molar-refractivity contribution in [1.29, 1.82) is 0 Å². The van der Waals surface area contributed by atoms with Gasteiger partial charge in [0.1, 0.15) is 0 Å². The molecule has 1 aromatic heterocycles. The zero-order chi connectivity index (χ0) is 10.7. The van der Waals surface area contributed by atoms with Crippen molar-refractivity contribution in [3.63, 3.8) is 0 Å². The van der Waals surface area contributed by atoms with Gasteiger partial charge >= 0.3 is 0 Å². The van der Waals surface area contributed by atoms with Gasteiger partial charge in [-0.05, 0) is 19.3 Å². The number of aliphatic hydroxyl groups excluding tert-OH is 1. The number of hydrogen-bond acceptors (Lipinski definition) is 4. The Balaban J connectivity index is 2.28. The lowest BCUT2D eigenvalue weighted by atomic mass is 10.1. The Kier molecular flexibility index (Phi) is 3.01. The highest BCUT2D eigenvalue weighted by atomic mass is 16.3. The number of anilines is 1. The molecule has 0 radical (unpaired) electrons. The topological polar surface area (TPSA) is 67.2 Å². The molecule has 1 aromatic rings. The molecule has 0 spiro atoms. The summed E-state index contributed by atoms with van der Waals surface area (Å²) in [5, 5.41) is 16.1. The van der Waals surface area contributed by atoms with Crippen molar-refractivity contribution in [1.82, 2.24) is 9.78 Å². The minimum atomic E-state index is -0.100. The third-order valence-electron chi connectivity index (χ3n) is 2.51. The average molecular weight is 209 g/mol. The number of nitrogens with zero attached hydrogens (tertiary/aromatic N) is 2. The monoisotopic (exact) mass is 209 g/mol. The van der Waals surface area contributed by atoms with Crippen molar-refractivity contribution in [2.45, 2.75) is 25.8 Å². The van der Waals surface area contributed by atoms with E-state index in [9.17, 15) is 4.79 Å². The molecular weight excluding hydrogens is 194 g/mol. The number of rotatable bonds is 3. The van der Waals surface area contributed by atoms with Gasteiger partial charge in [0.15, 0.2) is 0 Å². The summed E-state index contributed by atoms with van der Waals surface area (Å²) in [6, 6.07) is 1.60. The Labute approximate surface area is 87.7 Å². The first-order chi connectivity index (χ1) is 7.31. The van der Waals surface area contributed by atoms with Gasteiger partial charge in [-0.1, -0.05) is 0 Å². The summed E-state index contributed by atoms with van der Waals surface area (Å²) in [4.78, 5) is 11.6. The summed E-state index contributed by atoms with van der Waals surface area (Å²) in [6.07, 6.45) is 2.54. The average Bonchev–Trinajstić information content (AvgIpc) is 2.26. The molecule has 0 saturated carbocycles. The molecule has 5 nitrogen and oxygen atoms in total. The van der Waals surface area contributed by atoms with E-state index in [1.807, 2.05) is 0 Å². The summed E-state index contributed by atoms with van der Waals surface area (Å²) < 4.78 is 1.43. The van der Waals surface area contributed by atoms with Crippen LogP contribution in [0.1, 0.15) is 18.5 Å². The second kappa shape index (κ2) is 4.44. The smallest absolute Gasteiger partial charge is 0.268 e. The van der Waals surface area contributed by atoms with E-state index in [0.29, 0.717) is 13.0 Å². The van der Waals surface area contributed by atoms with E-state index in [1.54, 1.807) is 6.07 Å². The molecule has 0 fully saturated rings. The highest BCUT2D eigenvalue weighted by molar-refractivity contribution is 5.48. The molecule has 2 rings (SSSR count). The molecule has 1 aliphatic heterocycles. The second-order valence-corrected chi connectivity index (χ2v) is 3.67. The number of aliphatic hydroxyl groups is 1. The van der Waals surface area contributed by atoms with E-state index >= 15 is 0 Å². The molecule has 0 aliphatic carbocycles. The molecule has 5 heteroatoms. The third-order valence-corrected chi connectivity index (χ3v) is 2.51. The van der Waals surface area contributed by atoms with Crippen LogP contribution in [0.2, 0.25) is 0 Å². The zero-order valence-electron chi connectivity index (χ0n) is 8.57. The summed E-state index contributed by atoms with van der Waals surface area (Å²) in [6.45, 7) is 1.49. The van der Waals surface area contributed by atoms with Crippen molar-refractivity contribution in [2.75, 3.05) is 18.5 Å². The Morgan fingerprint density at radius 3 is 3.27 bits per heavy atom. The van der Waals surface area contributed by atoms with Crippen molar-refractivity contribution < 1.29 is 5.11 Å². The van der Waals surface area contributed by atoms with Crippen LogP contribution in [0.15, 0.2) is 10.9 Å². The lowest BCUT2D eigenvalue weighted by molar-refractivity contribution is 0.275. The van der Waals surface area contributed by atoms with E-state index in [0.717, 1.165) is 30.8 Å². The van der Waals surface area contributed by atoms with E-state index in [2.05, 4.69) is 10.4 Å². The molecule has 0 saturated heterocycles. The molecule has 0 unspecified atom stereocenters. The normalized spacial score (nSPS) is 14.5. The largest absolute Gasteiger partial charge is 0.396 e. The molecule has 15 heavy (non-hydrogen) atoms. The van der Waals surface area contributed by atoms with Crippen LogP contribution < -0.4 is 10.9 Å². The van der Waals surface area contributed by atoms with E-state index in [-0.39, 0.29) is 12.2 Å². The van der Waals surface area contributed by atoms with Crippen LogP contribution in [0.5, 0.6) is 0 Å². The fraction of sp³-hybridized carbons (Fsp3) is 0.600. The number of aromatic nitrogens is 2. The maximum Gasteiger partial charge on any atom is 0.268 e. The number of nitrogens with one attached hydrogen (secondary N) is 1. The molecule has 82 valence electrons. The van der Waals surface area contributed by atoms with Crippen LogP contribution in [0.4, 0.5) is 5.69 Å². The third kappa shape index (κ3) is 2.18. The maximum atomic E-state index is 11.6. The standard InChI is InChI=1S/C10H15N3O2/c14-6-2-5-13-10(15)7-9-8(12-13)3-1-4-11-9/h7,11,14H,1-6H2. The van der Waals surface area contributed by atoms with Gasteiger partial charge in [-0.25, -0.2) is 4.68 Å². The van der Waals surface area contributed by atoms with Gasteiger partial charge in [0.25, 0.3) is 5.56 Å². The van der Waals surface area contributed by atoms with Gasteiger partial charge in [0.05, 0.1) is 11.4 Å². The molecule has 0 amide bonds. The molecular formula is C10H15N3O2. The van der Waals surface area contributed by atoms with Gasteiger partial charge in [0.2, 0.25) is 0 Å². The molecule has 2 N–H and O–H groups in total. The summed E-state index contributed by atoms with van der Waals surface area (Å²) in [5.41, 5.74) is 1.72. The Morgan fingerprint density at radius 1 is 1.60 bits per heavy atom. The predicted molar refractivity (Wildman–Crippen MR) is 57.0 cm³/mol. The quantitative estimate of drug-likeness (QED) is 0.734. The summed E-state index contributed by atoms with van der Waals surface area (Å²) in [7, 11) is 0. The summed E-state index contributed by atoms with van der Waals surface area (Å²) in [5.74, 6) is 0. The van der Waals surface area contributed by atoms with Crippen LogP contribution in [0.25, 0.3) is 0 Å². The molecule has 0 bridgehead atoms. The van der Waals surface area contributed by atoms with Gasteiger partial charge in [-0.3, -0.25) is 4.79 Å². The molecule has 0 atom stereocenters. The lowest BCUT2D eigenvalue weighted by Gasteiger charge is -2.17. The highest BCUT2D eigenvalue weighted by Crippen LogP contribution is 2.16. The Morgan fingerprint density at radius 2 is 2.47 bits per heavy atom. The minimum absolute atomic E-state index is 0.0868. The van der Waals surface area contributed by atoms with Crippen LogP contribution in [-0.2, 0) is 13.0 Å². The van der Waals surface area contributed by atoms with Gasteiger partial charge in [-0.15, -0.1) is 0 Å². The molecule has 2 heterocycles. The van der Waals surface area contributed by atoms with E-state index < -0.39 is 0 Å². The van der Waals surface area contributed by atoms with Gasteiger partial charge < -0.3 is 10.4 Å². The van der Waals surface area contributed by atoms with Gasteiger partial charge in [-0.2, -0.15) is 5.10 Å². The first-order valence-corrected chi connectivity index (χ1v) is 5.27. The van der Waals surface area contributed by atoms with E-state index in [1.165, 1.54) is 4.68 Å². The van der Waals surface area contributed by atoms with Crippen LogP contribution in [0.3, 0.4) is 0 Å². The second-order valence-electron chi connectivity index (χ2n) is 3.67. The number of fused-ring (bicyclic) bond motifs is 1. The Hall–Kier alpha value is -1.36. The fourth-order valence-electron chi connectivity index (χ4n) is 1.73. The Bertz CT molecular complexity index is 400. The van der Waals surface area contributed by atoms with Crippen molar-refractivity contribution in [3.8, 4) is 0 Å². The number of aryl methyl sites for hydroxylation is 2. The fourth-order valence-corrected chi connectivity index (χ4v) is 1.73. The van der Waals surface area contributed by atoms with Gasteiger partial charge in [0, 0.05) is 25.8 Å². The van der Waals surface area contributed by atoms with E-state index in [4.69, 9.17) is 5.11 Å². The lowest BCUT2D eigenvalue weighted by Crippen LogP contribution is -2.27. The first kappa shape index (κ1) is 10.2.